The first-order valence-corrected chi connectivity index (χ1v) is 11.2. The van der Waals surface area contributed by atoms with Crippen molar-refractivity contribution < 1.29 is 19.1 Å². The van der Waals surface area contributed by atoms with Crippen LogP contribution in [0.25, 0.3) is 0 Å². The number of aromatic nitrogens is 1. The number of anilines is 1. The van der Waals surface area contributed by atoms with Gasteiger partial charge in [0, 0.05) is 19.3 Å². The van der Waals surface area contributed by atoms with Crippen molar-refractivity contribution in [2.75, 3.05) is 18.0 Å². The molecule has 0 aliphatic carbocycles. The van der Waals surface area contributed by atoms with Crippen LogP contribution in [0.5, 0.6) is 0 Å². The van der Waals surface area contributed by atoms with Crippen molar-refractivity contribution in [2.24, 2.45) is 0 Å². The van der Waals surface area contributed by atoms with Gasteiger partial charge in [-0.25, -0.2) is 14.6 Å². The standard InChI is InChI=1S/C25H33N3O4/c1-5-15-28(24(30)32-25(2,3)4)22-14-13-20(17-26-22)21-12-9-16-27(21)23(29)31-18-19-10-7-6-8-11-19/h6-8,10-11,13-14,17,21H,5,9,12,15-16,18H2,1-4H3. The molecular formula is C25H33N3O4. The van der Waals surface area contributed by atoms with Crippen LogP contribution in [0.15, 0.2) is 48.7 Å². The summed E-state index contributed by atoms with van der Waals surface area (Å²) in [7, 11) is 0. The summed E-state index contributed by atoms with van der Waals surface area (Å²) in [5.74, 6) is 0.543. The number of nitrogens with zero attached hydrogens (tertiary/aromatic N) is 3. The molecule has 1 aromatic heterocycles. The van der Waals surface area contributed by atoms with Crippen molar-refractivity contribution in [1.82, 2.24) is 9.88 Å². The zero-order valence-corrected chi connectivity index (χ0v) is 19.4. The lowest BCUT2D eigenvalue weighted by atomic mass is 10.1. The molecule has 172 valence electrons. The van der Waals surface area contributed by atoms with Crippen LogP contribution in [0.3, 0.4) is 0 Å². The first-order valence-electron chi connectivity index (χ1n) is 11.2. The molecule has 0 bridgehead atoms. The Morgan fingerprint density at radius 2 is 1.91 bits per heavy atom. The molecule has 1 aliphatic rings. The number of likely N-dealkylation sites (tertiary alicyclic amines) is 1. The van der Waals surface area contributed by atoms with Crippen LogP contribution in [0.4, 0.5) is 15.4 Å². The lowest BCUT2D eigenvalue weighted by Gasteiger charge is -2.27. The van der Waals surface area contributed by atoms with E-state index in [1.807, 2.05) is 70.2 Å². The predicted molar refractivity (Wildman–Crippen MR) is 123 cm³/mol. The van der Waals surface area contributed by atoms with Gasteiger partial charge in [0.2, 0.25) is 0 Å². The topological polar surface area (TPSA) is 72.0 Å². The second-order valence-electron chi connectivity index (χ2n) is 8.97. The van der Waals surface area contributed by atoms with Gasteiger partial charge in [-0.1, -0.05) is 43.3 Å². The van der Waals surface area contributed by atoms with Crippen LogP contribution in [0, 0.1) is 0 Å². The number of amides is 2. The Morgan fingerprint density at radius 1 is 1.16 bits per heavy atom. The molecule has 0 radical (unpaired) electrons. The maximum absolute atomic E-state index is 12.7. The van der Waals surface area contributed by atoms with Crippen molar-refractivity contribution in [3.8, 4) is 0 Å². The smallest absolute Gasteiger partial charge is 0.416 e. The van der Waals surface area contributed by atoms with Gasteiger partial charge in [0.05, 0.1) is 6.04 Å². The summed E-state index contributed by atoms with van der Waals surface area (Å²) in [5.41, 5.74) is 1.32. The van der Waals surface area contributed by atoms with E-state index >= 15 is 0 Å². The second kappa shape index (κ2) is 10.5. The first kappa shape index (κ1) is 23.6. The summed E-state index contributed by atoms with van der Waals surface area (Å²) in [6, 6.07) is 13.3. The van der Waals surface area contributed by atoms with E-state index < -0.39 is 11.7 Å². The summed E-state index contributed by atoms with van der Waals surface area (Å²) in [6.07, 6.45) is 3.56. The van der Waals surface area contributed by atoms with E-state index in [0.29, 0.717) is 18.9 Å². The Morgan fingerprint density at radius 3 is 2.53 bits per heavy atom. The van der Waals surface area contributed by atoms with Gasteiger partial charge in [-0.3, -0.25) is 4.90 Å². The van der Waals surface area contributed by atoms with Crippen molar-refractivity contribution in [3.05, 3.63) is 59.8 Å². The van der Waals surface area contributed by atoms with Crippen molar-refractivity contribution in [1.29, 1.82) is 0 Å². The van der Waals surface area contributed by atoms with E-state index in [1.54, 1.807) is 16.0 Å². The average Bonchev–Trinajstić information content (AvgIpc) is 3.25. The highest BCUT2D eigenvalue weighted by Crippen LogP contribution is 2.33. The molecule has 1 fully saturated rings. The van der Waals surface area contributed by atoms with Gasteiger partial charge < -0.3 is 14.4 Å². The summed E-state index contributed by atoms with van der Waals surface area (Å²) in [5, 5.41) is 0. The number of ether oxygens (including phenoxy) is 2. The van der Waals surface area contributed by atoms with E-state index in [9.17, 15) is 9.59 Å². The van der Waals surface area contributed by atoms with Crippen LogP contribution >= 0.6 is 0 Å². The Bertz CT molecular complexity index is 894. The Kier molecular flexibility index (Phi) is 7.72. The quantitative estimate of drug-likeness (QED) is 0.577. The van der Waals surface area contributed by atoms with Crippen molar-refractivity contribution in [3.63, 3.8) is 0 Å². The number of carbonyl (C=O) groups is 2. The fourth-order valence-corrected chi connectivity index (χ4v) is 3.73. The first-order chi connectivity index (χ1) is 15.3. The molecule has 0 spiro atoms. The highest BCUT2D eigenvalue weighted by Gasteiger charge is 2.32. The minimum atomic E-state index is -0.576. The van der Waals surface area contributed by atoms with E-state index in [1.165, 1.54) is 0 Å². The molecule has 1 aliphatic heterocycles. The van der Waals surface area contributed by atoms with Crippen LogP contribution in [-0.2, 0) is 16.1 Å². The largest absolute Gasteiger partial charge is 0.445 e. The third-order valence-corrected chi connectivity index (χ3v) is 5.19. The minimum absolute atomic E-state index is 0.0824. The number of hydrogen-bond donors (Lipinski definition) is 0. The molecule has 1 aromatic carbocycles. The molecule has 32 heavy (non-hydrogen) atoms. The monoisotopic (exact) mass is 439 g/mol. The lowest BCUT2D eigenvalue weighted by molar-refractivity contribution is 0.0579. The van der Waals surface area contributed by atoms with Gasteiger partial charge in [0.1, 0.15) is 18.0 Å². The number of rotatable bonds is 6. The van der Waals surface area contributed by atoms with Gasteiger partial charge in [-0.15, -0.1) is 0 Å². The molecule has 1 unspecified atom stereocenters. The molecule has 0 saturated carbocycles. The van der Waals surface area contributed by atoms with Gasteiger partial charge in [0.15, 0.2) is 0 Å². The van der Waals surface area contributed by atoms with Crippen molar-refractivity contribution in [2.45, 2.75) is 65.2 Å². The molecule has 1 atom stereocenters. The highest BCUT2D eigenvalue weighted by molar-refractivity contribution is 5.86. The SMILES string of the molecule is CCCN(C(=O)OC(C)(C)C)c1ccc(C2CCCN2C(=O)OCc2ccccc2)cn1. The molecule has 2 aromatic rings. The molecule has 7 heteroatoms. The zero-order valence-electron chi connectivity index (χ0n) is 19.4. The van der Waals surface area contributed by atoms with Crippen LogP contribution < -0.4 is 4.90 Å². The van der Waals surface area contributed by atoms with Gasteiger partial charge >= 0.3 is 12.2 Å². The fraction of sp³-hybridized carbons (Fsp3) is 0.480. The van der Waals surface area contributed by atoms with E-state index in [4.69, 9.17) is 9.47 Å². The zero-order chi connectivity index (χ0) is 23.1. The average molecular weight is 440 g/mol. The van der Waals surface area contributed by atoms with Crippen LogP contribution in [0.1, 0.15) is 64.1 Å². The maximum Gasteiger partial charge on any atom is 0.416 e. The predicted octanol–water partition coefficient (Wildman–Crippen LogP) is 5.71. The van der Waals surface area contributed by atoms with E-state index in [0.717, 1.165) is 30.4 Å². The maximum atomic E-state index is 12.7. The third kappa shape index (κ3) is 6.22. The van der Waals surface area contributed by atoms with Gasteiger partial charge in [0.25, 0.3) is 0 Å². The fourth-order valence-electron chi connectivity index (χ4n) is 3.73. The second-order valence-corrected chi connectivity index (χ2v) is 8.97. The molecule has 3 rings (SSSR count). The molecule has 1 saturated heterocycles. The number of carbonyl (C=O) groups excluding carboxylic acids is 2. The lowest BCUT2D eigenvalue weighted by Crippen LogP contribution is -2.38. The highest BCUT2D eigenvalue weighted by atomic mass is 16.6. The normalized spacial score (nSPS) is 16.0. The Hall–Kier alpha value is -3.09. The van der Waals surface area contributed by atoms with E-state index in [2.05, 4.69) is 4.98 Å². The van der Waals surface area contributed by atoms with E-state index in [-0.39, 0.29) is 18.7 Å². The molecule has 2 heterocycles. The summed E-state index contributed by atoms with van der Waals surface area (Å²) >= 11 is 0. The Labute approximate surface area is 190 Å². The summed E-state index contributed by atoms with van der Waals surface area (Å²) in [6.45, 7) is 8.96. The van der Waals surface area contributed by atoms with Gasteiger partial charge in [-0.05, 0) is 57.2 Å². The summed E-state index contributed by atoms with van der Waals surface area (Å²) < 4.78 is 11.1. The molecular weight excluding hydrogens is 406 g/mol. The summed E-state index contributed by atoms with van der Waals surface area (Å²) in [4.78, 5) is 33.2. The van der Waals surface area contributed by atoms with Gasteiger partial charge in [-0.2, -0.15) is 0 Å². The minimum Gasteiger partial charge on any atom is -0.445 e. The third-order valence-electron chi connectivity index (χ3n) is 5.19. The number of benzene rings is 1. The molecule has 7 nitrogen and oxygen atoms in total. The molecule has 0 N–H and O–H groups in total. The van der Waals surface area contributed by atoms with Crippen molar-refractivity contribution >= 4 is 18.0 Å². The number of hydrogen-bond acceptors (Lipinski definition) is 5. The van der Waals surface area contributed by atoms with Crippen LogP contribution in [0.2, 0.25) is 0 Å². The van der Waals surface area contributed by atoms with Crippen LogP contribution in [-0.4, -0.2) is 40.8 Å². The Balaban J connectivity index is 1.68. The number of pyridine rings is 1. The molecule has 2 amide bonds.